The molecule has 1 aliphatic heterocycles. The van der Waals surface area contributed by atoms with Crippen molar-refractivity contribution in [3.63, 3.8) is 0 Å². The number of nitrogens with one attached hydrogen (secondary N) is 1. The molecule has 1 N–H and O–H groups in total. The number of allylic oxidation sites excluding steroid dienone is 4. The number of fused-ring (bicyclic) bond motifs is 5. The van der Waals surface area contributed by atoms with E-state index in [9.17, 15) is 4.21 Å². The topological polar surface area (TPSA) is 29.1 Å². The van der Waals surface area contributed by atoms with Gasteiger partial charge in [-0.1, -0.05) is 60.7 Å². The Hall–Kier alpha value is -3.17. The molecule has 2 nitrogen and oxygen atoms in total. The van der Waals surface area contributed by atoms with Gasteiger partial charge < -0.3 is 5.32 Å². The van der Waals surface area contributed by atoms with Crippen LogP contribution in [-0.4, -0.2) is 10.5 Å². The highest BCUT2D eigenvalue weighted by molar-refractivity contribution is 7.84. The van der Waals surface area contributed by atoms with Gasteiger partial charge in [0.25, 0.3) is 0 Å². The first-order valence-corrected chi connectivity index (χ1v) is 13.7. The summed E-state index contributed by atoms with van der Waals surface area (Å²) in [5.74, 6) is 0.575. The van der Waals surface area contributed by atoms with Gasteiger partial charge in [0.2, 0.25) is 0 Å². The molecule has 0 saturated carbocycles. The zero-order valence-corrected chi connectivity index (χ0v) is 20.5. The van der Waals surface area contributed by atoms with Crippen LogP contribution in [0.15, 0.2) is 102 Å². The fourth-order valence-corrected chi connectivity index (χ4v) is 5.87. The Kier molecular flexibility index (Phi) is 6.92. The first kappa shape index (κ1) is 22.6. The van der Waals surface area contributed by atoms with E-state index in [0.717, 1.165) is 11.3 Å². The van der Waals surface area contributed by atoms with Gasteiger partial charge in [0.05, 0.1) is 0 Å². The Morgan fingerprint density at radius 2 is 1.50 bits per heavy atom. The van der Waals surface area contributed by atoms with Crippen molar-refractivity contribution in [1.29, 1.82) is 0 Å². The van der Waals surface area contributed by atoms with Gasteiger partial charge in [0.1, 0.15) is 0 Å². The summed E-state index contributed by atoms with van der Waals surface area (Å²) in [4.78, 5) is 0.919. The normalized spacial score (nSPS) is 18.3. The molecule has 0 fully saturated rings. The van der Waals surface area contributed by atoms with Crippen molar-refractivity contribution >= 4 is 10.8 Å². The lowest BCUT2D eigenvalue weighted by atomic mass is 9.74. The summed E-state index contributed by atoms with van der Waals surface area (Å²) >= 11 is 0. The monoisotopic (exact) mass is 465 g/mol. The van der Waals surface area contributed by atoms with Crippen LogP contribution in [0.4, 0.5) is 0 Å². The molecule has 172 valence electrons. The van der Waals surface area contributed by atoms with Crippen LogP contribution in [0.5, 0.6) is 0 Å². The molecule has 0 spiro atoms. The molecule has 6 rings (SSSR count). The summed E-state index contributed by atoms with van der Waals surface area (Å²) < 4.78 is 11.6. The maximum absolute atomic E-state index is 11.6. The molecular weight excluding hydrogens is 434 g/mol. The van der Waals surface area contributed by atoms with Gasteiger partial charge in [-0.05, 0) is 101 Å². The molecule has 2 aliphatic carbocycles. The molecule has 3 aliphatic rings. The van der Waals surface area contributed by atoms with E-state index in [1.165, 1.54) is 53.5 Å². The lowest BCUT2D eigenvalue weighted by molar-refractivity contribution is 0.580. The van der Waals surface area contributed by atoms with Crippen LogP contribution >= 0.6 is 0 Å². The van der Waals surface area contributed by atoms with Crippen molar-refractivity contribution in [3.05, 3.63) is 125 Å². The smallest absolute Gasteiger partial charge is 0.0498 e. The molecule has 34 heavy (non-hydrogen) atoms. The average molecular weight is 466 g/mol. The van der Waals surface area contributed by atoms with Crippen molar-refractivity contribution in [2.75, 3.05) is 6.26 Å². The maximum atomic E-state index is 11.6. The lowest BCUT2D eigenvalue weighted by Gasteiger charge is -2.30. The number of hydrogen-bond acceptors (Lipinski definition) is 2. The van der Waals surface area contributed by atoms with Crippen molar-refractivity contribution in [1.82, 2.24) is 5.32 Å². The van der Waals surface area contributed by atoms with E-state index >= 15 is 0 Å². The predicted molar refractivity (Wildman–Crippen MR) is 143 cm³/mol. The third-order valence-electron chi connectivity index (χ3n) is 7.09. The minimum absolute atomic E-state index is 0.575. The lowest BCUT2D eigenvalue weighted by Crippen LogP contribution is -2.17. The van der Waals surface area contributed by atoms with E-state index in [4.69, 9.17) is 0 Å². The summed E-state index contributed by atoms with van der Waals surface area (Å²) in [6, 6.07) is 22.0. The molecule has 3 aromatic carbocycles. The number of aryl methyl sites for hydroxylation is 1. The van der Waals surface area contributed by atoms with Crippen molar-refractivity contribution in [2.24, 2.45) is 0 Å². The molecule has 2 atom stereocenters. The van der Waals surface area contributed by atoms with Crippen LogP contribution in [-0.2, 0) is 36.5 Å². The molecule has 0 amide bonds. The Morgan fingerprint density at radius 3 is 2.26 bits per heavy atom. The van der Waals surface area contributed by atoms with Gasteiger partial charge in [-0.3, -0.25) is 4.21 Å². The summed E-state index contributed by atoms with van der Waals surface area (Å²) in [7, 11) is -0.898. The molecule has 3 aromatic rings. The second kappa shape index (κ2) is 10.4. The Morgan fingerprint density at radius 1 is 0.735 bits per heavy atom. The first-order valence-electron chi connectivity index (χ1n) is 12.1. The highest BCUT2D eigenvalue weighted by Gasteiger charge is 2.26. The largest absolute Gasteiger partial charge is 0.368 e. The summed E-state index contributed by atoms with van der Waals surface area (Å²) in [5, 5.41) is 2.92. The molecule has 0 bridgehead atoms. The number of benzene rings is 3. The molecule has 0 saturated heterocycles. The van der Waals surface area contributed by atoms with Gasteiger partial charge in [0.15, 0.2) is 0 Å². The van der Waals surface area contributed by atoms with E-state index in [2.05, 4.69) is 53.8 Å². The Bertz CT molecular complexity index is 1270. The highest BCUT2D eigenvalue weighted by Crippen LogP contribution is 2.41. The van der Waals surface area contributed by atoms with E-state index in [-0.39, 0.29) is 0 Å². The van der Waals surface area contributed by atoms with Crippen molar-refractivity contribution in [3.8, 4) is 11.1 Å². The quantitative estimate of drug-likeness (QED) is 0.460. The van der Waals surface area contributed by atoms with Gasteiger partial charge in [-0.25, -0.2) is 0 Å². The summed E-state index contributed by atoms with van der Waals surface area (Å²) in [5.41, 5.74) is 10.5. The van der Waals surface area contributed by atoms with Crippen LogP contribution in [0.25, 0.3) is 11.1 Å². The maximum Gasteiger partial charge on any atom is 0.0498 e. The van der Waals surface area contributed by atoms with Crippen LogP contribution in [0.3, 0.4) is 0 Å². The van der Waals surface area contributed by atoms with Crippen LogP contribution < -0.4 is 5.32 Å². The SMILES string of the molecule is C1=CC=CNC=C1.CS(=O)c1ccc(C2CCc3c(ccc4c3CCc3ccccc3-4)C2)cc1. The molecule has 1 heterocycles. The van der Waals surface area contributed by atoms with Gasteiger partial charge in [-0.2, -0.15) is 0 Å². The molecular formula is C31H31NOS. The minimum Gasteiger partial charge on any atom is -0.368 e. The van der Waals surface area contributed by atoms with Gasteiger partial charge >= 0.3 is 0 Å². The third kappa shape index (κ3) is 4.85. The summed E-state index contributed by atoms with van der Waals surface area (Å²) in [6.45, 7) is 0. The van der Waals surface area contributed by atoms with E-state index in [1.54, 1.807) is 17.4 Å². The van der Waals surface area contributed by atoms with Crippen LogP contribution in [0.1, 0.15) is 40.2 Å². The average Bonchev–Trinajstić information content (AvgIpc) is 3.22. The minimum atomic E-state index is -0.898. The van der Waals surface area contributed by atoms with E-state index in [0.29, 0.717) is 5.92 Å². The Labute approximate surface area is 205 Å². The molecule has 0 aromatic heterocycles. The zero-order valence-electron chi connectivity index (χ0n) is 19.7. The first-order chi connectivity index (χ1) is 16.7. The van der Waals surface area contributed by atoms with Crippen LogP contribution in [0.2, 0.25) is 0 Å². The highest BCUT2D eigenvalue weighted by atomic mass is 32.2. The molecule has 0 radical (unpaired) electrons. The third-order valence-corrected chi connectivity index (χ3v) is 8.03. The van der Waals surface area contributed by atoms with E-state index in [1.807, 2.05) is 48.8 Å². The van der Waals surface area contributed by atoms with Gasteiger partial charge in [-0.15, -0.1) is 0 Å². The molecule has 3 heteroatoms. The summed E-state index contributed by atoms with van der Waals surface area (Å²) in [6.07, 6.45) is 19.2. The van der Waals surface area contributed by atoms with E-state index < -0.39 is 10.8 Å². The second-order valence-corrected chi connectivity index (χ2v) is 10.5. The number of hydrogen-bond donors (Lipinski definition) is 1. The fourth-order valence-electron chi connectivity index (χ4n) is 5.35. The predicted octanol–water partition coefficient (Wildman–Crippen LogP) is 6.64. The van der Waals surface area contributed by atoms with Crippen LogP contribution in [0, 0.1) is 0 Å². The van der Waals surface area contributed by atoms with Gasteiger partial charge in [0, 0.05) is 34.4 Å². The van der Waals surface area contributed by atoms with Crippen molar-refractivity contribution < 1.29 is 4.21 Å². The number of rotatable bonds is 2. The zero-order chi connectivity index (χ0) is 23.3. The Balaban J connectivity index is 0.000000297. The van der Waals surface area contributed by atoms with Crippen molar-refractivity contribution in [2.45, 2.75) is 42.9 Å². The molecule has 2 unspecified atom stereocenters. The second-order valence-electron chi connectivity index (χ2n) is 9.12. The standard InChI is InChI=1S/C25H24OS.C6H7N/c1-27(26)21-11-6-17(7-12-21)19-9-13-23-20(16-19)10-15-24-22-5-3-2-4-18(22)8-14-25(23)24;1-2-4-6-7-5-3-1/h2-7,10-12,15,19H,8-9,13-14,16H2,1H3;1-7H. The fraction of sp³-hybridized carbons (Fsp3) is 0.226.